The largest absolute Gasteiger partial charge is 0.326 e. The molecule has 0 atom stereocenters. The van der Waals surface area contributed by atoms with E-state index in [0.29, 0.717) is 6.54 Å². The third-order valence-corrected chi connectivity index (χ3v) is 10.8. The second-order valence-corrected chi connectivity index (χ2v) is 8.77. The lowest BCUT2D eigenvalue weighted by atomic mass is 9.97. The van der Waals surface area contributed by atoms with Crippen LogP contribution in [0.15, 0.2) is 30.3 Å². The zero-order valence-electron chi connectivity index (χ0n) is 10.2. The molecule has 5 heteroatoms. The fraction of sp³-hybridized carbons (Fsp3) is 0.0667. The van der Waals surface area contributed by atoms with Crippen LogP contribution in [0.5, 0.6) is 0 Å². The second-order valence-electron chi connectivity index (χ2n) is 4.46. The topological polar surface area (TPSA) is 26.0 Å². The Balaban J connectivity index is 2.66. The average Bonchev–Trinajstić information content (AvgIpc) is 2.48. The summed E-state index contributed by atoms with van der Waals surface area (Å²) in [6, 6.07) is 10.8. The Labute approximate surface area is 172 Å². The quantitative estimate of drug-likeness (QED) is 0.146. The van der Waals surface area contributed by atoms with Crippen molar-refractivity contribution < 1.29 is 0 Å². The highest BCUT2D eigenvalue weighted by molar-refractivity contribution is 14.1. The SMILES string of the molecule is NCc1c2ccccc2cc2c(I)c(I)c(I)c(I)c12. The Morgan fingerprint density at radius 3 is 2.15 bits per heavy atom. The van der Waals surface area contributed by atoms with E-state index in [1.807, 2.05) is 0 Å². The molecule has 3 aromatic rings. The molecule has 0 saturated heterocycles. The standard InChI is InChI=1S/C15H9I4N/c16-12-9-5-7-3-1-2-4-8(7)10(6-20)11(9)13(17)15(19)14(12)18/h1-5H,6,20H2. The average molecular weight is 711 g/mol. The Bertz CT molecular complexity index is 843. The first-order chi connectivity index (χ1) is 9.56. The van der Waals surface area contributed by atoms with Crippen molar-refractivity contribution in [3.8, 4) is 0 Å². The van der Waals surface area contributed by atoms with E-state index in [1.54, 1.807) is 0 Å². The number of benzene rings is 3. The van der Waals surface area contributed by atoms with Gasteiger partial charge in [-0.1, -0.05) is 24.3 Å². The molecule has 0 spiro atoms. The molecule has 102 valence electrons. The Hall–Kier alpha value is 1.06. The number of nitrogens with two attached hydrogens (primary N) is 1. The highest BCUT2D eigenvalue weighted by Gasteiger charge is 2.17. The Kier molecular flexibility index (Phi) is 5.01. The van der Waals surface area contributed by atoms with Crippen LogP contribution >= 0.6 is 90.4 Å². The Morgan fingerprint density at radius 2 is 1.45 bits per heavy atom. The number of hydrogen-bond donors (Lipinski definition) is 1. The van der Waals surface area contributed by atoms with Crippen molar-refractivity contribution in [3.63, 3.8) is 0 Å². The summed E-state index contributed by atoms with van der Waals surface area (Å²) in [5.41, 5.74) is 7.34. The number of hydrogen-bond acceptors (Lipinski definition) is 1. The lowest BCUT2D eigenvalue weighted by Crippen LogP contribution is -2.03. The van der Waals surface area contributed by atoms with E-state index in [-0.39, 0.29) is 0 Å². The highest BCUT2D eigenvalue weighted by Crippen LogP contribution is 2.39. The molecule has 0 amide bonds. The molecule has 20 heavy (non-hydrogen) atoms. The van der Waals surface area contributed by atoms with Crippen LogP contribution in [0, 0.1) is 14.3 Å². The third kappa shape index (κ3) is 2.48. The van der Waals surface area contributed by atoms with Crippen molar-refractivity contribution in [2.24, 2.45) is 5.73 Å². The smallest absolute Gasteiger partial charge is 0.0414 e. The van der Waals surface area contributed by atoms with E-state index in [9.17, 15) is 0 Å². The molecule has 3 rings (SSSR count). The van der Waals surface area contributed by atoms with Crippen LogP contribution in [0.1, 0.15) is 5.56 Å². The monoisotopic (exact) mass is 711 g/mol. The Morgan fingerprint density at radius 1 is 0.800 bits per heavy atom. The van der Waals surface area contributed by atoms with Crippen molar-refractivity contribution in [2.75, 3.05) is 0 Å². The second kappa shape index (κ2) is 6.28. The molecule has 2 N–H and O–H groups in total. The summed E-state index contributed by atoms with van der Waals surface area (Å²) in [6.07, 6.45) is 0. The first kappa shape index (κ1) is 15.9. The summed E-state index contributed by atoms with van der Waals surface area (Å²) in [5.74, 6) is 0. The summed E-state index contributed by atoms with van der Waals surface area (Å²) >= 11 is 9.79. The summed E-state index contributed by atoms with van der Waals surface area (Å²) in [4.78, 5) is 0. The van der Waals surface area contributed by atoms with Gasteiger partial charge in [0.2, 0.25) is 0 Å². The zero-order chi connectivity index (χ0) is 14.4. The minimum absolute atomic E-state index is 0.570. The molecule has 0 aliphatic heterocycles. The fourth-order valence-corrected chi connectivity index (χ4v) is 6.19. The van der Waals surface area contributed by atoms with E-state index < -0.39 is 0 Å². The van der Waals surface area contributed by atoms with Gasteiger partial charge in [0.15, 0.2) is 0 Å². The van der Waals surface area contributed by atoms with Gasteiger partial charge in [-0.15, -0.1) is 0 Å². The van der Waals surface area contributed by atoms with E-state index in [1.165, 1.54) is 41.4 Å². The van der Waals surface area contributed by atoms with Gasteiger partial charge < -0.3 is 5.73 Å². The molecule has 0 bridgehead atoms. The number of rotatable bonds is 1. The van der Waals surface area contributed by atoms with E-state index in [4.69, 9.17) is 5.73 Å². The summed E-state index contributed by atoms with van der Waals surface area (Å²) in [7, 11) is 0. The minimum atomic E-state index is 0.570. The zero-order valence-corrected chi connectivity index (χ0v) is 18.8. The number of fused-ring (bicyclic) bond motifs is 2. The predicted octanol–water partition coefficient (Wildman–Crippen LogP) is 5.87. The van der Waals surface area contributed by atoms with Gasteiger partial charge in [0.1, 0.15) is 0 Å². The normalized spacial score (nSPS) is 11.4. The van der Waals surface area contributed by atoms with Crippen LogP contribution in [0.25, 0.3) is 21.5 Å². The molecule has 0 heterocycles. The van der Waals surface area contributed by atoms with Crippen LogP contribution in [0.2, 0.25) is 0 Å². The highest BCUT2D eigenvalue weighted by atomic mass is 127. The van der Waals surface area contributed by atoms with Gasteiger partial charge >= 0.3 is 0 Å². The lowest BCUT2D eigenvalue weighted by molar-refractivity contribution is 1.10. The maximum atomic E-state index is 6.08. The molecule has 0 saturated carbocycles. The van der Waals surface area contributed by atoms with Crippen LogP contribution in [-0.2, 0) is 6.54 Å². The lowest BCUT2D eigenvalue weighted by Gasteiger charge is -2.15. The van der Waals surface area contributed by atoms with Crippen LogP contribution in [0.3, 0.4) is 0 Å². The summed E-state index contributed by atoms with van der Waals surface area (Å²) in [6.45, 7) is 0.570. The van der Waals surface area contributed by atoms with Gasteiger partial charge in [0.05, 0.1) is 0 Å². The van der Waals surface area contributed by atoms with E-state index in [0.717, 1.165) is 0 Å². The van der Waals surface area contributed by atoms with Crippen molar-refractivity contribution >= 4 is 112 Å². The van der Waals surface area contributed by atoms with Gasteiger partial charge in [-0.3, -0.25) is 0 Å². The maximum absolute atomic E-state index is 6.08. The van der Waals surface area contributed by atoms with Gasteiger partial charge in [-0.05, 0) is 118 Å². The van der Waals surface area contributed by atoms with Gasteiger partial charge in [0.25, 0.3) is 0 Å². The molecule has 0 radical (unpaired) electrons. The fourth-order valence-electron chi connectivity index (χ4n) is 2.48. The van der Waals surface area contributed by atoms with Gasteiger partial charge in [-0.2, -0.15) is 0 Å². The molecule has 1 nitrogen and oxygen atoms in total. The molecule has 0 aromatic heterocycles. The van der Waals surface area contributed by atoms with Gasteiger partial charge in [0, 0.05) is 26.2 Å². The predicted molar refractivity (Wildman–Crippen MR) is 120 cm³/mol. The van der Waals surface area contributed by atoms with Crippen LogP contribution < -0.4 is 5.73 Å². The van der Waals surface area contributed by atoms with Crippen molar-refractivity contribution in [3.05, 3.63) is 50.2 Å². The molecule has 0 fully saturated rings. The third-order valence-electron chi connectivity index (χ3n) is 3.40. The molecule has 0 unspecified atom stereocenters. The first-order valence-corrected chi connectivity index (χ1v) is 10.2. The molecule has 0 aliphatic carbocycles. The minimum Gasteiger partial charge on any atom is -0.326 e. The van der Waals surface area contributed by atoms with Crippen molar-refractivity contribution in [1.29, 1.82) is 0 Å². The maximum Gasteiger partial charge on any atom is 0.0414 e. The summed E-state index contributed by atoms with van der Waals surface area (Å²) < 4.78 is 5.29. The first-order valence-electron chi connectivity index (χ1n) is 5.92. The molecule has 0 aliphatic rings. The molecular weight excluding hydrogens is 702 g/mol. The molecular formula is C15H9I4N. The van der Waals surface area contributed by atoms with Crippen LogP contribution in [0.4, 0.5) is 0 Å². The van der Waals surface area contributed by atoms with Crippen molar-refractivity contribution in [2.45, 2.75) is 6.54 Å². The molecule has 3 aromatic carbocycles. The van der Waals surface area contributed by atoms with E-state index in [2.05, 4.69) is 121 Å². The number of halogens is 4. The van der Waals surface area contributed by atoms with E-state index >= 15 is 0 Å². The van der Waals surface area contributed by atoms with Crippen molar-refractivity contribution in [1.82, 2.24) is 0 Å². The van der Waals surface area contributed by atoms with Gasteiger partial charge in [-0.25, -0.2) is 0 Å². The summed E-state index contributed by atoms with van der Waals surface area (Å²) in [5, 5.41) is 5.18. The van der Waals surface area contributed by atoms with Crippen LogP contribution in [-0.4, -0.2) is 0 Å².